The van der Waals surface area contributed by atoms with E-state index in [0.717, 1.165) is 19.9 Å². The monoisotopic (exact) mass is 262 g/mol. The molecule has 18 heavy (non-hydrogen) atoms. The van der Waals surface area contributed by atoms with Crippen molar-refractivity contribution < 1.29 is 17.9 Å². The molecule has 6 heteroatoms. The van der Waals surface area contributed by atoms with Gasteiger partial charge in [-0.25, -0.2) is 4.98 Å². The number of pyridine rings is 1. The third-order valence-electron chi connectivity index (χ3n) is 2.34. The molecule has 0 radical (unpaired) electrons. The largest absolute Gasteiger partial charge is 0.465 e. The second-order valence-corrected chi connectivity index (χ2v) is 3.95. The summed E-state index contributed by atoms with van der Waals surface area (Å²) in [4.78, 5) is 3.85. The quantitative estimate of drug-likeness (QED) is 0.800. The maximum Gasteiger partial charge on any atom is 0.425 e. The molecule has 1 aromatic heterocycles. The summed E-state index contributed by atoms with van der Waals surface area (Å²) in [5.41, 5.74) is 0.627. The van der Waals surface area contributed by atoms with Crippen molar-refractivity contribution in [2.75, 3.05) is 6.54 Å². The number of aromatic nitrogens is 1. The zero-order valence-electron chi connectivity index (χ0n) is 10.4. The van der Waals surface area contributed by atoms with Crippen molar-refractivity contribution in [2.24, 2.45) is 0 Å². The van der Waals surface area contributed by atoms with Gasteiger partial charge in [-0.2, -0.15) is 13.2 Å². The molecule has 1 aromatic rings. The SMILES string of the molecule is CCCNCc1cccnc1OC(C)C(F)(F)F. The molecule has 1 unspecified atom stereocenters. The Kier molecular flexibility index (Phi) is 5.40. The Balaban J connectivity index is 2.70. The standard InChI is InChI=1S/C12H17F3N2O/c1-3-6-16-8-10-5-4-7-17-11(10)18-9(2)12(13,14)15/h4-5,7,9,16H,3,6,8H2,1-2H3. The van der Waals surface area contributed by atoms with E-state index >= 15 is 0 Å². The smallest absolute Gasteiger partial charge is 0.425 e. The van der Waals surface area contributed by atoms with Gasteiger partial charge in [-0.15, -0.1) is 0 Å². The van der Waals surface area contributed by atoms with Crippen molar-refractivity contribution in [2.45, 2.75) is 39.1 Å². The summed E-state index contributed by atoms with van der Waals surface area (Å²) in [5.74, 6) is 0.0333. The summed E-state index contributed by atoms with van der Waals surface area (Å²) in [6.45, 7) is 4.22. The summed E-state index contributed by atoms with van der Waals surface area (Å²) in [5, 5.41) is 3.10. The molecule has 1 N–H and O–H groups in total. The fourth-order valence-electron chi connectivity index (χ4n) is 1.30. The van der Waals surface area contributed by atoms with E-state index in [2.05, 4.69) is 10.3 Å². The Morgan fingerprint density at radius 3 is 2.78 bits per heavy atom. The number of alkyl halides is 3. The van der Waals surface area contributed by atoms with E-state index < -0.39 is 12.3 Å². The first kappa shape index (κ1) is 14.8. The van der Waals surface area contributed by atoms with E-state index in [4.69, 9.17) is 4.74 Å². The summed E-state index contributed by atoms with van der Waals surface area (Å²) in [6, 6.07) is 3.38. The molecule has 0 saturated carbocycles. The van der Waals surface area contributed by atoms with Gasteiger partial charge in [-0.3, -0.25) is 0 Å². The van der Waals surface area contributed by atoms with Gasteiger partial charge in [-0.05, 0) is 26.0 Å². The maximum absolute atomic E-state index is 12.4. The maximum atomic E-state index is 12.4. The first-order valence-corrected chi connectivity index (χ1v) is 5.83. The van der Waals surface area contributed by atoms with Crippen molar-refractivity contribution in [1.82, 2.24) is 10.3 Å². The number of nitrogens with zero attached hydrogens (tertiary/aromatic N) is 1. The van der Waals surface area contributed by atoms with E-state index in [0.29, 0.717) is 12.1 Å². The number of ether oxygens (including phenoxy) is 1. The molecular weight excluding hydrogens is 245 g/mol. The molecule has 0 bridgehead atoms. The van der Waals surface area contributed by atoms with Gasteiger partial charge in [0.1, 0.15) is 0 Å². The van der Waals surface area contributed by atoms with Crippen LogP contribution >= 0.6 is 0 Å². The highest BCUT2D eigenvalue weighted by Gasteiger charge is 2.38. The van der Waals surface area contributed by atoms with Crippen LogP contribution in [0.4, 0.5) is 13.2 Å². The highest BCUT2D eigenvalue weighted by molar-refractivity contribution is 5.25. The predicted molar refractivity (Wildman–Crippen MR) is 62.4 cm³/mol. The lowest BCUT2D eigenvalue weighted by Crippen LogP contribution is -2.32. The van der Waals surface area contributed by atoms with Gasteiger partial charge < -0.3 is 10.1 Å². The van der Waals surface area contributed by atoms with Crippen LogP contribution in [-0.2, 0) is 6.54 Å². The second kappa shape index (κ2) is 6.58. The Morgan fingerprint density at radius 1 is 1.44 bits per heavy atom. The highest BCUT2D eigenvalue weighted by Crippen LogP contribution is 2.25. The summed E-state index contributed by atoms with van der Waals surface area (Å²) >= 11 is 0. The number of halogens is 3. The molecule has 0 fully saturated rings. The normalized spacial score (nSPS) is 13.4. The van der Waals surface area contributed by atoms with Crippen molar-refractivity contribution in [3.63, 3.8) is 0 Å². The highest BCUT2D eigenvalue weighted by atomic mass is 19.4. The average molecular weight is 262 g/mol. The molecule has 0 aliphatic carbocycles. The molecule has 102 valence electrons. The molecule has 0 aliphatic heterocycles. The molecule has 0 aliphatic rings. The molecule has 3 nitrogen and oxygen atoms in total. The van der Waals surface area contributed by atoms with Crippen LogP contribution in [0.15, 0.2) is 18.3 Å². The molecule has 0 amide bonds. The van der Waals surface area contributed by atoms with Gasteiger partial charge in [0.15, 0.2) is 6.10 Å². The van der Waals surface area contributed by atoms with Crippen LogP contribution in [0.25, 0.3) is 0 Å². The molecule has 1 rings (SSSR count). The van der Waals surface area contributed by atoms with Crippen molar-refractivity contribution in [3.05, 3.63) is 23.9 Å². The minimum absolute atomic E-state index is 0.0333. The molecule has 0 saturated heterocycles. The molecule has 0 aromatic carbocycles. The first-order chi connectivity index (χ1) is 8.45. The third kappa shape index (κ3) is 4.52. The van der Waals surface area contributed by atoms with Crippen LogP contribution in [0.2, 0.25) is 0 Å². The summed E-state index contributed by atoms with van der Waals surface area (Å²) < 4.78 is 42.1. The zero-order valence-corrected chi connectivity index (χ0v) is 10.4. The van der Waals surface area contributed by atoms with E-state index in [1.165, 1.54) is 6.20 Å². The van der Waals surface area contributed by atoms with Crippen molar-refractivity contribution in [3.8, 4) is 5.88 Å². The number of nitrogens with one attached hydrogen (secondary N) is 1. The fraction of sp³-hybridized carbons (Fsp3) is 0.583. The van der Waals surface area contributed by atoms with E-state index in [1.54, 1.807) is 12.1 Å². The lowest BCUT2D eigenvalue weighted by Gasteiger charge is -2.18. The van der Waals surface area contributed by atoms with Gasteiger partial charge in [-0.1, -0.05) is 13.0 Å². The van der Waals surface area contributed by atoms with Crippen LogP contribution in [0.1, 0.15) is 25.8 Å². The Bertz CT molecular complexity index is 369. The van der Waals surface area contributed by atoms with Crippen LogP contribution in [-0.4, -0.2) is 23.8 Å². The lowest BCUT2D eigenvalue weighted by atomic mass is 10.2. The number of rotatable bonds is 6. The molecule has 0 spiro atoms. The Morgan fingerprint density at radius 2 is 2.17 bits per heavy atom. The van der Waals surface area contributed by atoms with Crippen LogP contribution in [0.3, 0.4) is 0 Å². The second-order valence-electron chi connectivity index (χ2n) is 3.95. The van der Waals surface area contributed by atoms with Gasteiger partial charge in [0, 0.05) is 18.3 Å². The number of hydrogen-bond acceptors (Lipinski definition) is 3. The van der Waals surface area contributed by atoms with E-state index in [-0.39, 0.29) is 5.88 Å². The predicted octanol–water partition coefficient (Wildman–Crippen LogP) is 2.91. The van der Waals surface area contributed by atoms with Crippen molar-refractivity contribution in [1.29, 1.82) is 0 Å². The summed E-state index contributed by atoms with van der Waals surface area (Å²) in [6.07, 6.45) is -3.87. The van der Waals surface area contributed by atoms with Crippen LogP contribution in [0.5, 0.6) is 5.88 Å². The molecular formula is C12H17F3N2O. The topological polar surface area (TPSA) is 34.2 Å². The Labute approximate surface area is 104 Å². The van der Waals surface area contributed by atoms with Crippen LogP contribution < -0.4 is 10.1 Å². The minimum atomic E-state index is -4.38. The molecule has 1 heterocycles. The van der Waals surface area contributed by atoms with Crippen LogP contribution in [0, 0.1) is 0 Å². The lowest BCUT2D eigenvalue weighted by molar-refractivity contribution is -0.190. The van der Waals surface area contributed by atoms with E-state index in [1.807, 2.05) is 6.92 Å². The summed E-state index contributed by atoms with van der Waals surface area (Å²) in [7, 11) is 0. The van der Waals surface area contributed by atoms with Gasteiger partial charge in [0.25, 0.3) is 0 Å². The number of hydrogen-bond donors (Lipinski definition) is 1. The van der Waals surface area contributed by atoms with Gasteiger partial charge >= 0.3 is 6.18 Å². The molecule has 1 atom stereocenters. The van der Waals surface area contributed by atoms with Gasteiger partial charge in [0.05, 0.1) is 0 Å². The zero-order chi connectivity index (χ0) is 13.6. The van der Waals surface area contributed by atoms with Gasteiger partial charge in [0.2, 0.25) is 5.88 Å². The Hall–Kier alpha value is -1.30. The third-order valence-corrected chi connectivity index (χ3v) is 2.34. The van der Waals surface area contributed by atoms with Crippen molar-refractivity contribution >= 4 is 0 Å². The fourth-order valence-corrected chi connectivity index (χ4v) is 1.30. The first-order valence-electron chi connectivity index (χ1n) is 5.83. The average Bonchev–Trinajstić information content (AvgIpc) is 2.30. The van der Waals surface area contributed by atoms with E-state index in [9.17, 15) is 13.2 Å². The minimum Gasteiger partial charge on any atom is -0.465 e.